The molecule has 0 aliphatic heterocycles. The molecule has 0 aliphatic carbocycles. The molecule has 1 aromatic heterocycles. The maximum atomic E-state index is 12.3. The SMILES string of the molecule is C[C@H](OC(=O)c1ccc(NC(=O)c2ccco2)cc1)C(=O)Nc1ccccc1C#N. The number of nitrogens with zero attached hydrogens (tertiary/aromatic N) is 1. The number of carbonyl (C=O) groups excluding carboxylic acids is 3. The Morgan fingerprint density at radius 3 is 2.40 bits per heavy atom. The number of ether oxygens (including phenoxy) is 1. The van der Waals surface area contributed by atoms with Gasteiger partial charge in [-0.2, -0.15) is 5.26 Å². The molecule has 2 N–H and O–H groups in total. The smallest absolute Gasteiger partial charge is 0.338 e. The number of benzene rings is 2. The number of amides is 2. The number of carbonyl (C=O) groups is 3. The fourth-order valence-electron chi connectivity index (χ4n) is 2.50. The van der Waals surface area contributed by atoms with Crippen molar-refractivity contribution < 1.29 is 23.5 Å². The number of rotatable bonds is 6. The van der Waals surface area contributed by atoms with Gasteiger partial charge in [-0.05, 0) is 55.5 Å². The van der Waals surface area contributed by atoms with Gasteiger partial charge < -0.3 is 19.8 Å². The molecule has 1 atom stereocenters. The van der Waals surface area contributed by atoms with E-state index in [0.717, 1.165) is 0 Å². The Kier molecular flexibility index (Phi) is 6.25. The highest BCUT2D eigenvalue weighted by Gasteiger charge is 2.20. The molecule has 2 aromatic carbocycles. The van der Waals surface area contributed by atoms with Crippen molar-refractivity contribution in [1.29, 1.82) is 5.26 Å². The van der Waals surface area contributed by atoms with Gasteiger partial charge in [0.2, 0.25) is 0 Å². The molecule has 150 valence electrons. The van der Waals surface area contributed by atoms with Crippen molar-refractivity contribution in [3.8, 4) is 6.07 Å². The third-order valence-corrected chi connectivity index (χ3v) is 4.08. The molecule has 0 spiro atoms. The van der Waals surface area contributed by atoms with Crippen LogP contribution in [0.1, 0.15) is 33.4 Å². The number of anilines is 2. The van der Waals surface area contributed by atoms with Crippen LogP contribution in [0.2, 0.25) is 0 Å². The van der Waals surface area contributed by atoms with Crippen LogP contribution < -0.4 is 10.6 Å². The standard InChI is InChI=1S/C22H17N3O5/c1-14(20(26)25-18-6-3-2-5-16(18)13-23)30-22(28)15-8-10-17(11-9-15)24-21(27)19-7-4-12-29-19/h2-12,14H,1H3,(H,24,27)(H,25,26)/t14-/m0/s1. The van der Waals surface area contributed by atoms with Crippen molar-refractivity contribution in [2.75, 3.05) is 10.6 Å². The van der Waals surface area contributed by atoms with Gasteiger partial charge in [-0.15, -0.1) is 0 Å². The van der Waals surface area contributed by atoms with E-state index in [1.165, 1.54) is 43.5 Å². The predicted molar refractivity (Wildman–Crippen MR) is 108 cm³/mol. The minimum Gasteiger partial charge on any atom is -0.459 e. The molecule has 0 saturated carbocycles. The van der Waals surface area contributed by atoms with E-state index in [1.54, 1.807) is 30.3 Å². The largest absolute Gasteiger partial charge is 0.459 e. The zero-order chi connectivity index (χ0) is 21.5. The van der Waals surface area contributed by atoms with E-state index in [4.69, 9.17) is 14.4 Å². The van der Waals surface area contributed by atoms with Gasteiger partial charge in [-0.3, -0.25) is 9.59 Å². The Hall–Kier alpha value is -4.38. The Morgan fingerprint density at radius 1 is 1.00 bits per heavy atom. The highest BCUT2D eigenvalue weighted by Crippen LogP contribution is 2.16. The van der Waals surface area contributed by atoms with Crippen LogP contribution in [0.25, 0.3) is 0 Å². The first-order chi connectivity index (χ1) is 14.5. The minimum atomic E-state index is -1.08. The molecule has 8 nitrogen and oxygen atoms in total. The average molecular weight is 403 g/mol. The Morgan fingerprint density at radius 2 is 1.73 bits per heavy atom. The van der Waals surface area contributed by atoms with Crippen LogP contribution in [-0.4, -0.2) is 23.9 Å². The van der Waals surface area contributed by atoms with Crippen LogP contribution in [0.15, 0.2) is 71.3 Å². The maximum Gasteiger partial charge on any atom is 0.338 e. The summed E-state index contributed by atoms with van der Waals surface area (Å²) in [5.74, 6) is -1.52. The van der Waals surface area contributed by atoms with Gasteiger partial charge in [0.25, 0.3) is 11.8 Å². The van der Waals surface area contributed by atoms with Gasteiger partial charge in [0.05, 0.1) is 23.1 Å². The van der Waals surface area contributed by atoms with Crippen molar-refractivity contribution in [1.82, 2.24) is 0 Å². The second-order valence-corrected chi connectivity index (χ2v) is 6.20. The van der Waals surface area contributed by atoms with E-state index in [2.05, 4.69) is 10.6 Å². The van der Waals surface area contributed by atoms with Gasteiger partial charge >= 0.3 is 5.97 Å². The van der Waals surface area contributed by atoms with Gasteiger partial charge in [0.15, 0.2) is 11.9 Å². The van der Waals surface area contributed by atoms with Gasteiger partial charge in [-0.25, -0.2) is 4.79 Å². The lowest BCUT2D eigenvalue weighted by Crippen LogP contribution is -2.30. The highest BCUT2D eigenvalue weighted by atomic mass is 16.5. The number of furan rings is 1. The molecule has 1 heterocycles. The zero-order valence-electron chi connectivity index (χ0n) is 15.9. The molecular weight excluding hydrogens is 386 g/mol. The lowest BCUT2D eigenvalue weighted by molar-refractivity contribution is -0.123. The third-order valence-electron chi connectivity index (χ3n) is 4.08. The van der Waals surface area contributed by atoms with E-state index >= 15 is 0 Å². The summed E-state index contributed by atoms with van der Waals surface area (Å²) >= 11 is 0. The first-order valence-electron chi connectivity index (χ1n) is 8.94. The second-order valence-electron chi connectivity index (χ2n) is 6.20. The number of nitriles is 1. The molecule has 3 aromatic rings. The van der Waals surface area contributed by atoms with Crippen LogP contribution in [0.4, 0.5) is 11.4 Å². The molecule has 8 heteroatoms. The summed E-state index contributed by atoms with van der Waals surface area (Å²) < 4.78 is 10.2. The molecular formula is C22H17N3O5. The summed E-state index contributed by atoms with van der Waals surface area (Å²) in [4.78, 5) is 36.5. The van der Waals surface area contributed by atoms with E-state index in [0.29, 0.717) is 16.9 Å². The second kappa shape index (κ2) is 9.21. The normalized spacial score (nSPS) is 11.1. The number of hydrogen-bond donors (Lipinski definition) is 2. The van der Waals surface area contributed by atoms with E-state index in [1.807, 2.05) is 6.07 Å². The maximum absolute atomic E-state index is 12.3. The van der Waals surface area contributed by atoms with Crippen LogP contribution in [0, 0.1) is 11.3 Å². The first-order valence-corrected chi connectivity index (χ1v) is 8.94. The van der Waals surface area contributed by atoms with Crippen LogP contribution in [-0.2, 0) is 9.53 Å². The van der Waals surface area contributed by atoms with Crippen molar-refractivity contribution in [2.24, 2.45) is 0 Å². The molecule has 0 saturated heterocycles. The van der Waals surface area contributed by atoms with Crippen molar-refractivity contribution in [2.45, 2.75) is 13.0 Å². The predicted octanol–water partition coefficient (Wildman–Crippen LogP) is 3.59. The topological polar surface area (TPSA) is 121 Å². The Balaban J connectivity index is 1.58. The van der Waals surface area contributed by atoms with Gasteiger partial charge in [0.1, 0.15) is 6.07 Å². The number of esters is 1. The van der Waals surface area contributed by atoms with Gasteiger partial charge in [0, 0.05) is 5.69 Å². The van der Waals surface area contributed by atoms with E-state index < -0.39 is 23.9 Å². The Bertz CT molecular complexity index is 1100. The lowest BCUT2D eigenvalue weighted by Gasteiger charge is -2.14. The highest BCUT2D eigenvalue weighted by molar-refractivity contribution is 6.02. The quantitative estimate of drug-likeness (QED) is 0.607. The van der Waals surface area contributed by atoms with Crippen molar-refractivity contribution in [3.63, 3.8) is 0 Å². The fourth-order valence-corrected chi connectivity index (χ4v) is 2.50. The van der Waals surface area contributed by atoms with Gasteiger partial charge in [-0.1, -0.05) is 12.1 Å². The van der Waals surface area contributed by atoms with Crippen molar-refractivity contribution >= 4 is 29.2 Å². The number of hydrogen-bond acceptors (Lipinski definition) is 6. The summed E-state index contributed by atoms with van der Waals surface area (Å²) in [6.07, 6.45) is 0.312. The fraction of sp³-hybridized carbons (Fsp3) is 0.0909. The molecule has 2 amide bonds. The van der Waals surface area contributed by atoms with Crippen LogP contribution >= 0.6 is 0 Å². The number of nitrogens with one attached hydrogen (secondary N) is 2. The average Bonchev–Trinajstić information content (AvgIpc) is 3.29. The molecule has 3 rings (SSSR count). The Labute approximate surface area is 172 Å². The summed E-state index contributed by atoms with van der Waals surface area (Å²) in [6, 6.07) is 17.6. The molecule has 0 fully saturated rings. The zero-order valence-corrected chi connectivity index (χ0v) is 15.9. The minimum absolute atomic E-state index is 0.163. The molecule has 0 aliphatic rings. The monoisotopic (exact) mass is 403 g/mol. The summed E-state index contributed by atoms with van der Waals surface area (Å²) in [7, 11) is 0. The van der Waals surface area contributed by atoms with Crippen LogP contribution in [0.5, 0.6) is 0 Å². The number of para-hydroxylation sites is 1. The molecule has 0 bridgehead atoms. The molecule has 0 radical (unpaired) electrons. The van der Waals surface area contributed by atoms with E-state index in [-0.39, 0.29) is 11.3 Å². The summed E-state index contributed by atoms with van der Waals surface area (Å²) in [6.45, 7) is 1.43. The first kappa shape index (κ1) is 20.4. The molecule has 0 unspecified atom stereocenters. The summed E-state index contributed by atoms with van der Waals surface area (Å²) in [5.41, 5.74) is 1.32. The van der Waals surface area contributed by atoms with Crippen molar-refractivity contribution in [3.05, 3.63) is 83.8 Å². The summed E-state index contributed by atoms with van der Waals surface area (Å²) in [5, 5.41) is 14.3. The lowest BCUT2D eigenvalue weighted by atomic mass is 10.2. The third kappa shape index (κ3) is 4.91. The molecule has 30 heavy (non-hydrogen) atoms. The van der Waals surface area contributed by atoms with Crippen LogP contribution in [0.3, 0.4) is 0 Å². The van der Waals surface area contributed by atoms with E-state index in [9.17, 15) is 14.4 Å².